The van der Waals surface area contributed by atoms with Gasteiger partial charge in [0.05, 0.1) is 26.4 Å². The minimum Gasteiger partial charge on any atom is -0.394 e. The minimum atomic E-state index is -1.66. The summed E-state index contributed by atoms with van der Waals surface area (Å²) in [6.07, 6.45) is -16.1. The highest BCUT2D eigenvalue weighted by atomic mass is 16.8. The Labute approximate surface area is 159 Å². The van der Waals surface area contributed by atoms with Gasteiger partial charge in [-0.3, -0.25) is 0 Å². The van der Waals surface area contributed by atoms with Crippen LogP contribution in [-0.2, 0) is 18.9 Å². The molecule has 2 aliphatic rings. The van der Waals surface area contributed by atoms with Crippen LogP contribution < -0.4 is 0 Å². The highest BCUT2D eigenvalue weighted by Crippen LogP contribution is 2.32. The normalized spacial score (nSPS) is 40.9. The Morgan fingerprint density at radius 2 is 1.21 bits per heavy atom. The summed E-state index contributed by atoms with van der Waals surface area (Å²) in [7, 11) is 0. The third-order valence-corrected chi connectivity index (χ3v) is 4.64. The van der Waals surface area contributed by atoms with Crippen molar-refractivity contribution in [2.45, 2.75) is 67.5 Å². The molecule has 13 nitrogen and oxygen atoms in total. The molecule has 10 atom stereocenters. The zero-order valence-electron chi connectivity index (χ0n) is 14.8. The summed E-state index contributed by atoms with van der Waals surface area (Å²) in [5, 5.41) is 86.3. The molecule has 13 heteroatoms. The molecule has 0 aromatic heterocycles. The van der Waals surface area contributed by atoms with Gasteiger partial charge in [0, 0.05) is 0 Å². The summed E-state index contributed by atoms with van der Waals surface area (Å²) >= 11 is 0. The minimum absolute atomic E-state index is 0.584. The van der Waals surface area contributed by atoms with Crippen molar-refractivity contribution < 1.29 is 64.9 Å². The fourth-order valence-electron chi connectivity index (χ4n) is 3.04. The van der Waals surface area contributed by atoms with Crippen LogP contribution in [-0.4, -0.2) is 140 Å². The topological polar surface area (TPSA) is 219 Å². The van der Waals surface area contributed by atoms with Gasteiger partial charge in [0.2, 0.25) is 0 Å². The predicted molar refractivity (Wildman–Crippen MR) is 85.4 cm³/mol. The monoisotopic (exact) mass is 416 g/mol. The van der Waals surface area contributed by atoms with Crippen molar-refractivity contribution in [2.75, 3.05) is 26.4 Å². The molecule has 0 amide bonds. The molecule has 0 spiro atoms. The quantitative estimate of drug-likeness (QED) is 0.162. The van der Waals surface area contributed by atoms with Gasteiger partial charge >= 0.3 is 0 Å². The number of hydrogen-bond donors (Lipinski definition) is 9. The summed E-state index contributed by atoms with van der Waals surface area (Å²) in [6, 6.07) is 0. The Morgan fingerprint density at radius 1 is 0.679 bits per heavy atom. The lowest BCUT2D eigenvalue weighted by molar-refractivity contribution is -0.226. The molecule has 0 aromatic rings. The maximum absolute atomic E-state index is 10.4. The molecule has 28 heavy (non-hydrogen) atoms. The van der Waals surface area contributed by atoms with Gasteiger partial charge in [-0.2, -0.15) is 0 Å². The van der Waals surface area contributed by atoms with Gasteiger partial charge in [-0.1, -0.05) is 0 Å². The van der Waals surface area contributed by atoms with E-state index < -0.39 is 93.9 Å². The molecule has 2 saturated heterocycles. The van der Waals surface area contributed by atoms with Crippen LogP contribution in [0, 0.1) is 0 Å². The molecular formula is C15H28O13. The maximum atomic E-state index is 10.4. The highest BCUT2D eigenvalue weighted by Gasteiger charge is 2.53. The summed E-state index contributed by atoms with van der Waals surface area (Å²) in [4.78, 5) is 0. The number of hydrogen-bond acceptors (Lipinski definition) is 13. The van der Waals surface area contributed by atoms with Crippen molar-refractivity contribution in [3.05, 3.63) is 0 Å². The summed E-state index contributed by atoms with van der Waals surface area (Å²) in [6.45, 7) is -2.68. The number of aliphatic hydroxyl groups is 9. The van der Waals surface area contributed by atoms with Gasteiger partial charge in [-0.25, -0.2) is 0 Å². The lowest BCUT2D eigenvalue weighted by Gasteiger charge is -2.27. The Morgan fingerprint density at radius 3 is 1.75 bits per heavy atom. The van der Waals surface area contributed by atoms with Crippen LogP contribution in [0.4, 0.5) is 0 Å². The van der Waals surface area contributed by atoms with Crippen LogP contribution >= 0.6 is 0 Å². The Bertz CT molecular complexity index is 463. The predicted octanol–water partition coefficient (Wildman–Crippen LogP) is -6.02. The van der Waals surface area contributed by atoms with Gasteiger partial charge in [0.25, 0.3) is 0 Å². The number of ether oxygens (including phenoxy) is 4. The lowest BCUT2D eigenvalue weighted by atomic mass is 10.0. The van der Waals surface area contributed by atoms with E-state index in [0.717, 1.165) is 0 Å². The Hall–Kier alpha value is -0.520. The summed E-state index contributed by atoms with van der Waals surface area (Å²) in [5.74, 6) is 0. The fraction of sp³-hybridized carbons (Fsp3) is 1.00. The molecule has 9 N–H and O–H groups in total. The molecular weight excluding hydrogens is 388 g/mol. The summed E-state index contributed by atoms with van der Waals surface area (Å²) in [5.41, 5.74) is 0. The van der Waals surface area contributed by atoms with Crippen molar-refractivity contribution in [3.63, 3.8) is 0 Å². The average Bonchev–Trinajstić information content (AvgIpc) is 3.16. The van der Waals surface area contributed by atoms with E-state index in [2.05, 4.69) is 0 Å². The van der Waals surface area contributed by atoms with Gasteiger partial charge in [-0.05, 0) is 0 Å². The van der Waals surface area contributed by atoms with Crippen LogP contribution in [0.15, 0.2) is 0 Å². The van der Waals surface area contributed by atoms with Gasteiger partial charge < -0.3 is 64.9 Å². The standard InChI is InChI=1S/C15H28O13/c16-1-5(2-17)25-15-10(24)13(12(27-15)7(21)4-19)28-14-9(23)8(22)11(26-14)6(20)3-18/h5-24H,1-4H2. The largest absolute Gasteiger partial charge is 0.394 e. The number of rotatable bonds is 10. The first-order chi connectivity index (χ1) is 13.3. The molecule has 0 aliphatic carbocycles. The van der Waals surface area contributed by atoms with Crippen LogP contribution in [0.25, 0.3) is 0 Å². The number of aliphatic hydroxyl groups excluding tert-OH is 9. The second kappa shape index (κ2) is 10.5. The Balaban J connectivity index is 2.12. The molecule has 2 heterocycles. The van der Waals surface area contributed by atoms with E-state index in [-0.39, 0.29) is 0 Å². The van der Waals surface area contributed by atoms with E-state index >= 15 is 0 Å². The Kier molecular flexibility index (Phi) is 8.90. The molecule has 0 bridgehead atoms. The molecule has 0 radical (unpaired) electrons. The van der Waals surface area contributed by atoms with E-state index in [1.807, 2.05) is 0 Å². The van der Waals surface area contributed by atoms with Gasteiger partial charge in [-0.15, -0.1) is 0 Å². The van der Waals surface area contributed by atoms with Crippen LogP contribution in [0.2, 0.25) is 0 Å². The molecule has 2 fully saturated rings. The van der Waals surface area contributed by atoms with Gasteiger partial charge in [0.1, 0.15) is 54.9 Å². The first-order valence-corrected chi connectivity index (χ1v) is 8.74. The zero-order valence-corrected chi connectivity index (χ0v) is 14.8. The van der Waals surface area contributed by atoms with Crippen molar-refractivity contribution in [3.8, 4) is 0 Å². The van der Waals surface area contributed by atoms with E-state index in [4.69, 9.17) is 34.3 Å². The molecule has 0 aromatic carbocycles. The molecule has 10 unspecified atom stereocenters. The second-order valence-corrected chi connectivity index (χ2v) is 6.63. The van der Waals surface area contributed by atoms with Crippen LogP contribution in [0.3, 0.4) is 0 Å². The van der Waals surface area contributed by atoms with Crippen molar-refractivity contribution in [1.29, 1.82) is 0 Å². The van der Waals surface area contributed by atoms with Crippen LogP contribution in [0.5, 0.6) is 0 Å². The molecule has 0 saturated carbocycles. The third-order valence-electron chi connectivity index (χ3n) is 4.64. The second-order valence-electron chi connectivity index (χ2n) is 6.63. The maximum Gasteiger partial charge on any atom is 0.187 e. The first-order valence-electron chi connectivity index (χ1n) is 8.74. The van der Waals surface area contributed by atoms with Crippen molar-refractivity contribution >= 4 is 0 Å². The zero-order chi connectivity index (χ0) is 21.0. The average molecular weight is 416 g/mol. The van der Waals surface area contributed by atoms with Gasteiger partial charge in [0.15, 0.2) is 12.6 Å². The van der Waals surface area contributed by atoms with E-state index in [0.29, 0.717) is 0 Å². The fourth-order valence-corrected chi connectivity index (χ4v) is 3.04. The van der Waals surface area contributed by atoms with E-state index in [1.54, 1.807) is 0 Å². The SMILES string of the molecule is OCC(CO)OC1OC(C(O)CO)C(OC2OC(C(O)CO)C(O)C2O)C1O. The smallest absolute Gasteiger partial charge is 0.187 e. The molecule has 2 rings (SSSR count). The van der Waals surface area contributed by atoms with E-state index in [1.165, 1.54) is 0 Å². The third kappa shape index (κ3) is 4.96. The molecule has 166 valence electrons. The van der Waals surface area contributed by atoms with E-state index in [9.17, 15) is 30.6 Å². The van der Waals surface area contributed by atoms with Crippen LogP contribution in [0.1, 0.15) is 0 Å². The highest BCUT2D eigenvalue weighted by molar-refractivity contribution is 4.96. The van der Waals surface area contributed by atoms with Crippen molar-refractivity contribution in [2.24, 2.45) is 0 Å². The molecule has 2 aliphatic heterocycles. The summed E-state index contributed by atoms with van der Waals surface area (Å²) < 4.78 is 21.2. The lowest BCUT2D eigenvalue weighted by Crippen LogP contribution is -2.47. The van der Waals surface area contributed by atoms with Crippen molar-refractivity contribution in [1.82, 2.24) is 0 Å². The first kappa shape index (κ1) is 23.8.